The van der Waals surface area contributed by atoms with E-state index >= 15 is 0 Å². The Hall–Kier alpha value is -3.27. The first kappa shape index (κ1) is 27.3. The maximum atomic E-state index is 13.9. The number of carbonyl (C=O) groups excluding carboxylic acids is 2. The van der Waals surface area contributed by atoms with E-state index in [9.17, 15) is 18.0 Å². The molecule has 1 saturated heterocycles. The van der Waals surface area contributed by atoms with Gasteiger partial charge in [0.15, 0.2) is 0 Å². The molecule has 0 bridgehead atoms. The van der Waals surface area contributed by atoms with Crippen LogP contribution in [0.3, 0.4) is 0 Å². The van der Waals surface area contributed by atoms with Crippen molar-refractivity contribution in [3.8, 4) is 11.5 Å². The van der Waals surface area contributed by atoms with Crippen LogP contribution in [0.2, 0.25) is 0 Å². The van der Waals surface area contributed by atoms with Crippen LogP contribution in [0.4, 0.5) is 5.69 Å². The predicted molar refractivity (Wildman–Crippen MR) is 136 cm³/mol. The average Bonchev–Trinajstić information content (AvgIpc) is 2.88. The summed E-state index contributed by atoms with van der Waals surface area (Å²) in [5, 5.41) is 0. The molecule has 0 aliphatic carbocycles. The van der Waals surface area contributed by atoms with Crippen LogP contribution < -0.4 is 13.8 Å². The first-order valence-electron chi connectivity index (χ1n) is 12.1. The van der Waals surface area contributed by atoms with Crippen LogP contribution in [0.15, 0.2) is 47.4 Å². The van der Waals surface area contributed by atoms with Crippen molar-refractivity contribution in [2.24, 2.45) is 5.92 Å². The molecule has 1 fully saturated rings. The molecular formula is C26H34N2O7S. The standard InChI is InChI=1S/C26H34N2O7S/c1-5-34-22-10-8-21(9-11-22)28(36(31,32)24-17-19(3)7-12-23(24)33-4)18-25(29)27-15-13-20(14-16-27)26(30)35-6-2/h7-12,17,20H,5-6,13-16,18H2,1-4H3. The number of anilines is 1. The van der Waals surface area contributed by atoms with E-state index in [4.69, 9.17) is 14.2 Å². The van der Waals surface area contributed by atoms with E-state index in [0.717, 1.165) is 9.87 Å². The number of hydrogen-bond donors (Lipinski definition) is 0. The van der Waals surface area contributed by atoms with Crippen molar-refractivity contribution >= 4 is 27.6 Å². The molecular weight excluding hydrogens is 484 g/mol. The van der Waals surface area contributed by atoms with Gasteiger partial charge in [-0.2, -0.15) is 0 Å². The van der Waals surface area contributed by atoms with E-state index in [1.165, 1.54) is 13.2 Å². The summed E-state index contributed by atoms with van der Waals surface area (Å²) in [7, 11) is -2.76. The van der Waals surface area contributed by atoms with Gasteiger partial charge in [0, 0.05) is 13.1 Å². The van der Waals surface area contributed by atoms with Gasteiger partial charge in [-0.15, -0.1) is 0 Å². The van der Waals surface area contributed by atoms with Crippen molar-refractivity contribution < 1.29 is 32.2 Å². The third-order valence-corrected chi connectivity index (χ3v) is 7.86. The lowest BCUT2D eigenvalue weighted by atomic mass is 9.97. The van der Waals surface area contributed by atoms with Gasteiger partial charge < -0.3 is 19.1 Å². The van der Waals surface area contributed by atoms with Crippen LogP contribution in [0.5, 0.6) is 11.5 Å². The molecule has 2 aromatic carbocycles. The van der Waals surface area contributed by atoms with Gasteiger partial charge in [-0.25, -0.2) is 8.42 Å². The Morgan fingerprint density at radius 1 is 1.03 bits per heavy atom. The lowest BCUT2D eigenvalue weighted by Crippen LogP contribution is -2.46. The third kappa shape index (κ3) is 6.29. The zero-order valence-corrected chi connectivity index (χ0v) is 22.0. The minimum Gasteiger partial charge on any atom is -0.495 e. The van der Waals surface area contributed by atoms with E-state index in [1.54, 1.807) is 55.1 Å². The monoisotopic (exact) mass is 518 g/mol. The number of benzene rings is 2. The smallest absolute Gasteiger partial charge is 0.309 e. The molecule has 0 unspecified atom stereocenters. The fraction of sp³-hybridized carbons (Fsp3) is 0.462. The van der Waals surface area contributed by atoms with Crippen molar-refractivity contribution in [2.75, 3.05) is 44.3 Å². The van der Waals surface area contributed by atoms with Gasteiger partial charge in [-0.3, -0.25) is 13.9 Å². The zero-order valence-electron chi connectivity index (χ0n) is 21.2. The summed E-state index contributed by atoms with van der Waals surface area (Å²) in [6.45, 7) is 6.52. The summed E-state index contributed by atoms with van der Waals surface area (Å²) in [5.74, 6) is -0.0639. The Balaban J connectivity index is 1.90. The Bertz CT molecular complexity index is 1160. The zero-order chi connectivity index (χ0) is 26.3. The number of amides is 1. The minimum absolute atomic E-state index is 0.0206. The number of likely N-dealkylation sites (tertiary alicyclic amines) is 1. The maximum absolute atomic E-state index is 13.9. The highest BCUT2D eigenvalue weighted by Gasteiger charge is 2.33. The summed E-state index contributed by atoms with van der Waals surface area (Å²) < 4.78 is 44.8. The molecule has 10 heteroatoms. The molecule has 1 amide bonds. The lowest BCUT2D eigenvalue weighted by molar-refractivity contribution is -0.151. The van der Waals surface area contributed by atoms with E-state index < -0.39 is 16.6 Å². The van der Waals surface area contributed by atoms with E-state index in [1.807, 2.05) is 6.92 Å². The first-order valence-corrected chi connectivity index (χ1v) is 13.5. The third-order valence-electron chi connectivity index (χ3n) is 6.07. The Labute approximate surface area is 213 Å². The van der Waals surface area contributed by atoms with Crippen LogP contribution in [0, 0.1) is 12.8 Å². The fourth-order valence-electron chi connectivity index (χ4n) is 4.14. The second kappa shape index (κ2) is 12.1. The highest BCUT2D eigenvalue weighted by molar-refractivity contribution is 7.93. The van der Waals surface area contributed by atoms with Crippen molar-refractivity contribution in [1.29, 1.82) is 0 Å². The number of esters is 1. The SMILES string of the molecule is CCOC(=O)C1CCN(C(=O)CN(c2ccc(OCC)cc2)S(=O)(=O)c2cc(C)ccc2OC)CC1. The summed E-state index contributed by atoms with van der Waals surface area (Å²) >= 11 is 0. The second-order valence-electron chi connectivity index (χ2n) is 8.50. The van der Waals surface area contributed by atoms with E-state index in [-0.39, 0.29) is 28.4 Å². The molecule has 196 valence electrons. The van der Waals surface area contributed by atoms with Gasteiger partial charge in [-0.05, 0) is 75.6 Å². The van der Waals surface area contributed by atoms with Crippen molar-refractivity contribution in [1.82, 2.24) is 4.90 Å². The van der Waals surface area contributed by atoms with Crippen molar-refractivity contribution in [3.63, 3.8) is 0 Å². The van der Waals surface area contributed by atoms with Crippen molar-refractivity contribution in [3.05, 3.63) is 48.0 Å². The number of piperidine rings is 1. The number of aryl methyl sites for hydroxylation is 1. The predicted octanol–water partition coefficient (Wildman–Crippen LogP) is 3.40. The van der Waals surface area contributed by atoms with Gasteiger partial charge >= 0.3 is 5.97 Å². The lowest BCUT2D eigenvalue weighted by Gasteiger charge is -2.33. The molecule has 0 saturated carbocycles. The molecule has 0 N–H and O–H groups in total. The second-order valence-corrected chi connectivity index (χ2v) is 10.3. The molecule has 1 aliphatic heterocycles. The highest BCUT2D eigenvalue weighted by atomic mass is 32.2. The largest absolute Gasteiger partial charge is 0.495 e. The quantitative estimate of drug-likeness (QED) is 0.444. The molecule has 0 radical (unpaired) electrons. The number of carbonyl (C=O) groups is 2. The Morgan fingerprint density at radius 3 is 2.28 bits per heavy atom. The molecule has 0 aromatic heterocycles. The molecule has 9 nitrogen and oxygen atoms in total. The molecule has 3 rings (SSSR count). The number of methoxy groups -OCH3 is 1. The van der Waals surface area contributed by atoms with Gasteiger partial charge in [0.05, 0.1) is 31.9 Å². The molecule has 1 aliphatic rings. The minimum atomic E-state index is -4.16. The number of rotatable bonds is 10. The van der Waals surface area contributed by atoms with Crippen LogP contribution in [-0.4, -0.2) is 65.2 Å². The number of ether oxygens (including phenoxy) is 3. The topological polar surface area (TPSA) is 102 Å². The first-order chi connectivity index (χ1) is 17.2. The molecule has 36 heavy (non-hydrogen) atoms. The van der Waals surface area contributed by atoms with E-state index in [0.29, 0.717) is 50.6 Å². The number of sulfonamides is 1. The van der Waals surface area contributed by atoms with Crippen LogP contribution in [0.1, 0.15) is 32.3 Å². The highest BCUT2D eigenvalue weighted by Crippen LogP contribution is 2.32. The number of nitrogens with zero attached hydrogens (tertiary/aromatic N) is 2. The summed E-state index contributed by atoms with van der Waals surface area (Å²) in [6.07, 6.45) is 0.957. The summed E-state index contributed by atoms with van der Waals surface area (Å²) in [6, 6.07) is 11.5. The normalized spacial score (nSPS) is 14.3. The van der Waals surface area contributed by atoms with Crippen LogP contribution >= 0.6 is 0 Å². The molecule has 2 aromatic rings. The van der Waals surface area contributed by atoms with Gasteiger partial charge in [0.25, 0.3) is 10.0 Å². The van der Waals surface area contributed by atoms with E-state index in [2.05, 4.69) is 0 Å². The number of hydrogen-bond acceptors (Lipinski definition) is 7. The summed E-state index contributed by atoms with van der Waals surface area (Å²) in [5.41, 5.74) is 1.07. The fourth-order valence-corrected chi connectivity index (χ4v) is 5.80. The van der Waals surface area contributed by atoms with Gasteiger partial charge in [-0.1, -0.05) is 6.07 Å². The van der Waals surface area contributed by atoms with Gasteiger partial charge in [0.1, 0.15) is 22.9 Å². The van der Waals surface area contributed by atoms with Crippen molar-refractivity contribution in [2.45, 2.75) is 38.5 Å². The van der Waals surface area contributed by atoms with Crippen LogP contribution in [0.25, 0.3) is 0 Å². The van der Waals surface area contributed by atoms with Crippen LogP contribution in [-0.2, 0) is 24.3 Å². The Morgan fingerprint density at radius 2 is 1.69 bits per heavy atom. The Kier molecular flexibility index (Phi) is 9.19. The summed E-state index contributed by atoms with van der Waals surface area (Å²) in [4.78, 5) is 26.9. The molecule has 0 spiro atoms. The molecule has 1 heterocycles. The average molecular weight is 519 g/mol. The molecule has 0 atom stereocenters. The maximum Gasteiger partial charge on any atom is 0.309 e. The van der Waals surface area contributed by atoms with Gasteiger partial charge in [0.2, 0.25) is 5.91 Å².